The van der Waals surface area contributed by atoms with Gasteiger partial charge in [-0.1, -0.05) is 23.2 Å². The first-order valence-corrected chi connectivity index (χ1v) is 8.04. The molecule has 0 aliphatic carbocycles. The van der Waals surface area contributed by atoms with Crippen LogP contribution in [0.15, 0.2) is 12.1 Å². The van der Waals surface area contributed by atoms with Crippen molar-refractivity contribution in [2.75, 3.05) is 22.1 Å². The third-order valence-electron chi connectivity index (χ3n) is 2.30. The average molecular weight is 373 g/mol. The van der Waals surface area contributed by atoms with E-state index in [4.69, 9.17) is 34.7 Å². The molecule has 0 bridgehead atoms. The SMILES string of the molecule is CC(C)Nc1cc(Cl)nc(N)n1.CC(C)Nc1cc(Cl)nc(N)n1. The van der Waals surface area contributed by atoms with Gasteiger partial charge in [-0.2, -0.15) is 9.97 Å². The molecule has 0 unspecified atom stereocenters. The fourth-order valence-electron chi connectivity index (χ4n) is 1.61. The van der Waals surface area contributed by atoms with Gasteiger partial charge in [0.2, 0.25) is 11.9 Å². The standard InChI is InChI=1S/2C7H11ClN4/c2*1-4(2)10-6-3-5(8)11-7(9)12-6/h2*3-4H,1-2H3,(H3,9,10,11,12). The highest BCUT2D eigenvalue weighted by molar-refractivity contribution is 6.30. The molecular weight excluding hydrogens is 351 g/mol. The highest BCUT2D eigenvalue weighted by Gasteiger charge is 2.01. The number of rotatable bonds is 4. The second kappa shape index (κ2) is 9.29. The fraction of sp³-hybridized carbons (Fsp3) is 0.429. The van der Waals surface area contributed by atoms with E-state index in [2.05, 4.69) is 30.6 Å². The summed E-state index contributed by atoms with van der Waals surface area (Å²) < 4.78 is 0. The Morgan fingerprint density at radius 3 is 1.33 bits per heavy atom. The average Bonchev–Trinajstić information content (AvgIpc) is 2.34. The van der Waals surface area contributed by atoms with Gasteiger partial charge in [0.15, 0.2) is 0 Å². The smallest absolute Gasteiger partial charge is 0.223 e. The molecule has 10 heteroatoms. The minimum absolute atomic E-state index is 0.186. The Bertz CT molecular complexity index is 565. The van der Waals surface area contributed by atoms with E-state index in [0.29, 0.717) is 34.0 Å². The van der Waals surface area contributed by atoms with Crippen LogP contribution < -0.4 is 22.1 Å². The Labute approximate surface area is 151 Å². The Hall–Kier alpha value is -2.06. The fourth-order valence-corrected chi connectivity index (χ4v) is 1.99. The zero-order valence-corrected chi connectivity index (χ0v) is 15.5. The predicted octanol–water partition coefficient (Wildman–Crippen LogP) is 3.06. The van der Waals surface area contributed by atoms with Crippen LogP contribution >= 0.6 is 23.2 Å². The molecule has 24 heavy (non-hydrogen) atoms. The lowest BCUT2D eigenvalue weighted by molar-refractivity contribution is 0.887. The van der Waals surface area contributed by atoms with Crippen molar-refractivity contribution in [3.8, 4) is 0 Å². The monoisotopic (exact) mass is 372 g/mol. The maximum atomic E-state index is 5.66. The molecule has 0 aliphatic heterocycles. The third-order valence-corrected chi connectivity index (χ3v) is 2.68. The van der Waals surface area contributed by atoms with Crippen LogP contribution in [0.3, 0.4) is 0 Å². The number of nitrogens with two attached hydrogens (primary N) is 2. The Morgan fingerprint density at radius 1 is 0.750 bits per heavy atom. The number of hydrogen-bond acceptors (Lipinski definition) is 8. The number of hydrogen-bond donors (Lipinski definition) is 4. The summed E-state index contributed by atoms with van der Waals surface area (Å²) in [6.45, 7) is 8.02. The Morgan fingerprint density at radius 2 is 1.08 bits per heavy atom. The normalized spacial score (nSPS) is 10.3. The zero-order valence-electron chi connectivity index (χ0n) is 14.0. The van der Waals surface area contributed by atoms with E-state index in [-0.39, 0.29) is 11.9 Å². The highest BCUT2D eigenvalue weighted by atomic mass is 35.5. The van der Waals surface area contributed by atoms with Gasteiger partial charge in [0, 0.05) is 24.2 Å². The van der Waals surface area contributed by atoms with Crippen molar-refractivity contribution < 1.29 is 0 Å². The van der Waals surface area contributed by atoms with E-state index >= 15 is 0 Å². The van der Waals surface area contributed by atoms with Crippen LogP contribution in [0.4, 0.5) is 23.5 Å². The van der Waals surface area contributed by atoms with Crippen molar-refractivity contribution in [1.82, 2.24) is 19.9 Å². The largest absolute Gasteiger partial charge is 0.368 e. The molecule has 0 aliphatic rings. The number of nitrogens with one attached hydrogen (secondary N) is 2. The Kier molecular flexibility index (Phi) is 7.73. The molecule has 2 aromatic rings. The van der Waals surface area contributed by atoms with E-state index in [1.165, 1.54) is 0 Å². The summed E-state index contributed by atoms with van der Waals surface area (Å²) in [4.78, 5) is 15.4. The van der Waals surface area contributed by atoms with Gasteiger partial charge >= 0.3 is 0 Å². The zero-order chi connectivity index (χ0) is 18.3. The molecule has 0 fully saturated rings. The number of nitrogens with zero attached hydrogens (tertiary/aromatic N) is 4. The van der Waals surface area contributed by atoms with Crippen LogP contribution in [-0.2, 0) is 0 Å². The second-order valence-electron chi connectivity index (χ2n) is 5.47. The molecule has 2 heterocycles. The first kappa shape index (κ1) is 20.0. The van der Waals surface area contributed by atoms with E-state index in [9.17, 15) is 0 Å². The maximum absolute atomic E-state index is 5.66. The molecule has 0 amide bonds. The summed E-state index contributed by atoms with van der Waals surface area (Å²) in [6, 6.07) is 3.88. The number of anilines is 4. The van der Waals surface area contributed by atoms with Gasteiger partial charge in [0.25, 0.3) is 0 Å². The molecule has 0 aromatic carbocycles. The van der Waals surface area contributed by atoms with E-state index < -0.39 is 0 Å². The van der Waals surface area contributed by atoms with Crippen molar-refractivity contribution in [2.45, 2.75) is 39.8 Å². The molecule has 0 radical (unpaired) electrons. The van der Waals surface area contributed by atoms with Crippen LogP contribution in [0.25, 0.3) is 0 Å². The van der Waals surface area contributed by atoms with Crippen molar-refractivity contribution in [3.63, 3.8) is 0 Å². The first-order valence-electron chi connectivity index (χ1n) is 7.29. The first-order chi connectivity index (χ1) is 11.2. The highest BCUT2D eigenvalue weighted by Crippen LogP contribution is 2.13. The second-order valence-corrected chi connectivity index (χ2v) is 6.24. The van der Waals surface area contributed by atoms with Gasteiger partial charge in [-0.3, -0.25) is 0 Å². The van der Waals surface area contributed by atoms with Gasteiger partial charge in [0.1, 0.15) is 21.9 Å². The summed E-state index contributed by atoms with van der Waals surface area (Å²) in [5.74, 6) is 1.68. The third kappa shape index (κ3) is 7.98. The van der Waals surface area contributed by atoms with Crippen LogP contribution in [0.5, 0.6) is 0 Å². The molecule has 0 saturated carbocycles. The molecule has 0 spiro atoms. The summed E-state index contributed by atoms with van der Waals surface area (Å²) in [7, 11) is 0. The van der Waals surface area contributed by atoms with E-state index in [0.717, 1.165) is 0 Å². The van der Waals surface area contributed by atoms with Crippen LogP contribution in [-0.4, -0.2) is 32.0 Å². The lowest BCUT2D eigenvalue weighted by Crippen LogP contribution is -2.12. The summed E-state index contributed by atoms with van der Waals surface area (Å²) in [6.07, 6.45) is 0. The molecule has 6 N–H and O–H groups in total. The summed E-state index contributed by atoms with van der Waals surface area (Å²) >= 11 is 11.3. The minimum atomic E-state index is 0.186. The van der Waals surface area contributed by atoms with Gasteiger partial charge in [0.05, 0.1) is 0 Å². The lowest BCUT2D eigenvalue weighted by atomic mass is 10.4. The topological polar surface area (TPSA) is 128 Å². The maximum Gasteiger partial charge on any atom is 0.223 e. The number of halogens is 2. The number of nitrogen functional groups attached to an aromatic ring is 2. The van der Waals surface area contributed by atoms with Crippen molar-refractivity contribution in [3.05, 3.63) is 22.4 Å². The quantitative estimate of drug-likeness (QED) is 0.602. The van der Waals surface area contributed by atoms with E-state index in [1.807, 2.05) is 27.7 Å². The van der Waals surface area contributed by atoms with Crippen LogP contribution in [0.2, 0.25) is 10.3 Å². The van der Waals surface area contributed by atoms with Crippen molar-refractivity contribution in [2.24, 2.45) is 0 Å². The molecule has 8 nitrogen and oxygen atoms in total. The van der Waals surface area contributed by atoms with Crippen molar-refractivity contribution in [1.29, 1.82) is 0 Å². The molecular formula is C14H22Cl2N8. The van der Waals surface area contributed by atoms with Crippen LogP contribution in [0, 0.1) is 0 Å². The molecule has 0 saturated heterocycles. The summed E-state index contributed by atoms with van der Waals surface area (Å²) in [5.41, 5.74) is 10.8. The van der Waals surface area contributed by atoms with Crippen molar-refractivity contribution >= 4 is 46.7 Å². The van der Waals surface area contributed by atoms with Gasteiger partial charge < -0.3 is 22.1 Å². The van der Waals surface area contributed by atoms with Gasteiger partial charge in [-0.05, 0) is 27.7 Å². The minimum Gasteiger partial charge on any atom is -0.368 e. The number of aromatic nitrogens is 4. The summed E-state index contributed by atoms with van der Waals surface area (Å²) in [5, 5.41) is 6.85. The molecule has 0 atom stereocenters. The lowest BCUT2D eigenvalue weighted by Gasteiger charge is -2.08. The molecule has 2 rings (SSSR count). The predicted molar refractivity (Wildman–Crippen MR) is 100 cm³/mol. The van der Waals surface area contributed by atoms with Crippen LogP contribution in [0.1, 0.15) is 27.7 Å². The molecule has 132 valence electrons. The van der Waals surface area contributed by atoms with Gasteiger partial charge in [-0.15, -0.1) is 0 Å². The van der Waals surface area contributed by atoms with E-state index in [1.54, 1.807) is 12.1 Å². The Balaban J connectivity index is 0.000000240. The molecule has 2 aromatic heterocycles. The van der Waals surface area contributed by atoms with Gasteiger partial charge in [-0.25, -0.2) is 9.97 Å².